The summed E-state index contributed by atoms with van der Waals surface area (Å²) in [5.41, 5.74) is 2.04. The van der Waals surface area contributed by atoms with Gasteiger partial charge in [0.1, 0.15) is 0 Å². The number of rotatable bonds is 9. The zero-order valence-corrected chi connectivity index (χ0v) is 20.3. The number of anilines is 1. The van der Waals surface area contributed by atoms with Gasteiger partial charge < -0.3 is 20.7 Å². The lowest BCUT2D eigenvalue weighted by atomic mass is 9.70. The third-order valence-electron chi connectivity index (χ3n) is 6.90. The van der Waals surface area contributed by atoms with Crippen LogP contribution in [0.3, 0.4) is 0 Å². The summed E-state index contributed by atoms with van der Waals surface area (Å²) in [6, 6.07) is 9.28. The van der Waals surface area contributed by atoms with E-state index in [0.717, 1.165) is 45.0 Å². The molecule has 1 saturated heterocycles. The Morgan fingerprint density at radius 3 is 2.55 bits per heavy atom. The highest BCUT2D eigenvalue weighted by molar-refractivity contribution is 5.89. The number of nitrogens with one attached hydrogen (secondary N) is 3. The average Bonchev–Trinajstić information content (AvgIpc) is 2.80. The predicted octanol–water partition coefficient (Wildman–Crippen LogP) is 3.50. The highest BCUT2D eigenvalue weighted by Gasteiger charge is 2.32. The van der Waals surface area contributed by atoms with Crippen LogP contribution in [0, 0.1) is 23.7 Å². The highest BCUT2D eigenvalue weighted by Crippen LogP contribution is 2.38. The van der Waals surface area contributed by atoms with E-state index in [1.54, 1.807) is 0 Å². The van der Waals surface area contributed by atoms with Crippen molar-refractivity contribution < 1.29 is 14.3 Å². The molecule has 1 aliphatic carbocycles. The van der Waals surface area contributed by atoms with Crippen LogP contribution in [0.2, 0.25) is 0 Å². The van der Waals surface area contributed by atoms with Gasteiger partial charge >= 0.3 is 6.03 Å². The molecule has 2 aliphatic rings. The third-order valence-corrected chi connectivity index (χ3v) is 6.90. The zero-order chi connectivity index (χ0) is 23.6. The van der Waals surface area contributed by atoms with Gasteiger partial charge in [-0.15, -0.1) is 0 Å². The minimum atomic E-state index is -0.184. The maximum absolute atomic E-state index is 12.6. The Balaban J connectivity index is 1.47. The van der Waals surface area contributed by atoms with Gasteiger partial charge in [-0.05, 0) is 49.1 Å². The van der Waals surface area contributed by atoms with E-state index in [1.807, 2.05) is 30.3 Å². The lowest BCUT2D eigenvalue weighted by Gasteiger charge is -2.37. The Bertz CT molecular complexity index is 790. The molecule has 0 bridgehead atoms. The standard InChI is InChI=1S/C26H40N4O3/c1-19(2)24-16-21(17-25(31)27-9-10-30-11-13-33-14-12-30)20(3)15-22(24)18-28-26(32)29-23-7-5-4-6-8-23/h4-8,15,19,21-22,24H,9-14,16-18H2,1-3H3,(H,27,31)(H2,28,29,32)/t21-,22-,24-/m0/s1. The van der Waals surface area contributed by atoms with Crippen molar-refractivity contribution in [1.82, 2.24) is 15.5 Å². The Morgan fingerprint density at radius 2 is 1.85 bits per heavy atom. The summed E-state index contributed by atoms with van der Waals surface area (Å²) in [5, 5.41) is 9.02. The third kappa shape index (κ3) is 8.16. The molecule has 1 aliphatic heterocycles. The van der Waals surface area contributed by atoms with Gasteiger partial charge in [0, 0.05) is 44.8 Å². The largest absolute Gasteiger partial charge is 0.379 e. The minimum Gasteiger partial charge on any atom is -0.379 e. The van der Waals surface area contributed by atoms with Crippen LogP contribution in [0.1, 0.15) is 33.6 Å². The van der Waals surface area contributed by atoms with E-state index < -0.39 is 0 Å². The summed E-state index contributed by atoms with van der Waals surface area (Å²) in [4.78, 5) is 27.3. The second kappa shape index (κ2) is 12.8. The Morgan fingerprint density at radius 1 is 1.12 bits per heavy atom. The molecule has 1 fully saturated rings. The molecule has 3 N–H and O–H groups in total. The fourth-order valence-electron chi connectivity index (χ4n) is 4.89. The van der Waals surface area contributed by atoms with Gasteiger partial charge in [0.25, 0.3) is 0 Å². The number of para-hydroxylation sites is 1. The fourth-order valence-corrected chi connectivity index (χ4v) is 4.89. The molecule has 0 saturated carbocycles. The molecule has 1 aromatic carbocycles. The highest BCUT2D eigenvalue weighted by atomic mass is 16.5. The van der Waals surface area contributed by atoms with Crippen molar-refractivity contribution in [2.45, 2.75) is 33.6 Å². The molecule has 0 radical (unpaired) electrons. The molecular weight excluding hydrogens is 416 g/mol. The summed E-state index contributed by atoms with van der Waals surface area (Å²) < 4.78 is 5.37. The molecule has 0 spiro atoms. The van der Waals surface area contributed by atoms with Crippen LogP contribution in [0.4, 0.5) is 10.5 Å². The molecule has 182 valence electrons. The smallest absolute Gasteiger partial charge is 0.319 e. The van der Waals surface area contributed by atoms with E-state index in [9.17, 15) is 9.59 Å². The van der Waals surface area contributed by atoms with E-state index in [1.165, 1.54) is 5.57 Å². The average molecular weight is 457 g/mol. The molecule has 33 heavy (non-hydrogen) atoms. The number of allylic oxidation sites excluding steroid dienone is 1. The molecule has 1 aromatic rings. The van der Waals surface area contributed by atoms with E-state index in [4.69, 9.17) is 4.74 Å². The summed E-state index contributed by atoms with van der Waals surface area (Å²) in [5.74, 6) is 1.56. The van der Waals surface area contributed by atoms with E-state index in [2.05, 4.69) is 47.7 Å². The summed E-state index contributed by atoms with van der Waals surface area (Å²) in [7, 11) is 0. The Hall–Kier alpha value is -2.38. The quantitative estimate of drug-likeness (QED) is 0.497. The predicted molar refractivity (Wildman–Crippen MR) is 132 cm³/mol. The molecule has 0 aromatic heterocycles. The van der Waals surface area contributed by atoms with Gasteiger partial charge in [0.2, 0.25) is 5.91 Å². The Labute approximate surface area is 198 Å². The van der Waals surface area contributed by atoms with Crippen LogP contribution in [0.5, 0.6) is 0 Å². The molecule has 3 rings (SSSR count). The van der Waals surface area contributed by atoms with Crippen LogP contribution in [-0.4, -0.2) is 62.8 Å². The maximum atomic E-state index is 12.6. The summed E-state index contributed by atoms with van der Waals surface area (Å²) in [6.07, 6.45) is 3.79. The van der Waals surface area contributed by atoms with Crippen LogP contribution >= 0.6 is 0 Å². The molecule has 3 atom stereocenters. The lowest BCUT2D eigenvalue weighted by molar-refractivity contribution is -0.122. The van der Waals surface area contributed by atoms with Crippen LogP contribution < -0.4 is 16.0 Å². The van der Waals surface area contributed by atoms with Crippen molar-refractivity contribution in [3.05, 3.63) is 42.0 Å². The number of carbonyl (C=O) groups is 2. The first-order chi connectivity index (χ1) is 15.9. The Kier molecular flexibility index (Phi) is 9.76. The molecule has 1 heterocycles. The zero-order valence-electron chi connectivity index (χ0n) is 20.3. The number of urea groups is 1. The van der Waals surface area contributed by atoms with Crippen molar-refractivity contribution in [3.8, 4) is 0 Å². The van der Waals surface area contributed by atoms with Crippen LogP contribution in [0.25, 0.3) is 0 Å². The lowest BCUT2D eigenvalue weighted by Crippen LogP contribution is -2.42. The van der Waals surface area contributed by atoms with Crippen molar-refractivity contribution in [2.75, 3.05) is 51.3 Å². The van der Waals surface area contributed by atoms with Crippen molar-refractivity contribution in [1.29, 1.82) is 0 Å². The number of hydrogen-bond donors (Lipinski definition) is 3. The maximum Gasteiger partial charge on any atom is 0.319 e. The van der Waals surface area contributed by atoms with Crippen molar-refractivity contribution >= 4 is 17.6 Å². The van der Waals surface area contributed by atoms with E-state index in [-0.39, 0.29) is 23.8 Å². The second-order valence-electron chi connectivity index (χ2n) is 9.62. The number of ether oxygens (including phenoxy) is 1. The first kappa shape index (κ1) is 25.2. The van der Waals surface area contributed by atoms with Crippen LogP contribution in [-0.2, 0) is 9.53 Å². The first-order valence-electron chi connectivity index (χ1n) is 12.3. The molecule has 0 unspecified atom stereocenters. The van der Waals surface area contributed by atoms with Gasteiger partial charge in [0.15, 0.2) is 0 Å². The van der Waals surface area contributed by atoms with Gasteiger partial charge in [-0.25, -0.2) is 4.79 Å². The van der Waals surface area contributed by atoms with Gasteiger partial charge in [-0.1, -0.05) is 43.7 Å². The number of amides is 3. The van der Waals surface area contributed by atoms with Crippen molar-refractivity contribution in [3.63, 3.8) is 0 Å². The number of benzene rings is 1. The molecule has 7 heteroatoms. The summed E-state index contributed by atoms with van der Waals surface area (Å²) >= 11 is 0. The number of nitrogens with zero attached hydrogens (tertiary/aromatic N) is 1. The van der Waals surface area contributed by atoms with Crippen LogP contribution in [0.15, 0.2) is 42.0 Å². The topological polar surface area (TPSA) is 82.7 Å². The molecule has 3 amide bonds. The molecular formula is C26H40N4O3. The number of carbonyl (C=O) groups excluding carboxylic acids is 2. The monoisotopic (exact) mass is 456 g/mol. The number of hydrogen-bond acceptors (Lipinski definition) is 4. The van der Waals surface area contributed by atoms with E-state index in [0.29, 0.717) is 31.3 Å². The van der Waals surface area contributed by atoms with Gasteiger partial charge in [-0.2, -0.15) is 0 Å². The SMILES string of the molecule is CC1=C[C@@H](CNC(=O)Nc2ccccc2)[C@H](C(C)C)C[C@H]1CC(=O)NCCN1CCOCC1. The van der Waals surface area contributed by atoms with E-state index >= 15 is 0 Å². The van der Waals surface area contributed by atoms with Crippen molar-refractivity contribution in [2.24, 2.45) is 23.7 Å². The normalized spacial score (nSPS) is 23.6. The molecule has 7 nitrogen and oxygen atoms in total. The number of morpholine rings is 1. The summed E-state index contributed by atoms with van der Waals surface area (Å²) in [6.45, 7) is 12.2. The first-order valence-corrected chi connectivity index (χ1v) is 12.3. The fraction of sp³-hybridized carbons (Fsp3) is 0.615. The van der Waals surface area contributed by atoms with Gasteiger partial charge in [0.05, 0.1) is 13.2 Å². The minimum absolute atomic E-state index is 0.127. The second-order valence-corrected chi connectivity index (χ2v) is 9.62. The van der Waals surface area contributed by atoms with Gasteiger partial charge in [-0.3, -0.25) is 9.69 Å².